The second-order valence-electron chi connectivity index (χ2n) is 6.26. The molecule has 5 heteroatoms. The molecule has 2 aromatic carbocycles. The summed E-state index contributed by atoms with van der Waals surface area (Å²) in [6.07, 6.45) is 1.65. The van der Waals surface area contributed by atoms with Gasteiger partial charge in [-0.2, -0.15) is 0 Å². The fourth-order valence-corrected chi connectivity index (χ4v) is 3.26. The van der Waals surface area contributed by atoms with Crippen molar-refractivity contribution in [1.29, 1.82) is 0 Å². The molecule has 1 aliphatic rings. The number of benzene rings is 2. The number of nitrogens with zero attached hydrogens (tertiary/aromatic N) is 1. The molecule has 1 fully saturated rings. The first-order valence-corrected chi connectivity index (χ1v) is 8.55. The average Bonchev–Trinajstić information content (AvgIpc) is 3.09. The number of aliphatic hydroxyl groups excluding tert-OH is 1. The van der Waals surface area contributed by atoms with Gasteiger partial charge in [0.15, 0.2) is 18.2 Å². The Morgan fingerprint density at radius 3 is 2.68 bits per heavy atom. The molecule has 25 heavy (non-hydrogen) atoms. The SMILES string of the molecule is O=C(COc1ccccc1F)N1CCCC1CC(O)c1ccccc1. The van der Waals surface area contributed by atoms with E-state index in [2.05, 4.69) is 0 Å². The molecule has 1 amide bonds. The first kappa shape index (κ1) is 17.4. The van der Waals surface area contributed by atoms with E-state index in [4.69, 9.17) is 4.74 Å². The van der Waals surface area contributed by atoms with Gasteiger partial charge in [-0.1, -0.05) is 42.5 Å². The van der Waals surface area contributed by atoms with E-state index in [9.17, 15) is 14.3 Å². The smallest absolute Gasteiger partial charge is 0.260 e. The highest BCUT2D eigenvalue weighted by Gasteiger charge is 2.30. The molecule has 0 spiro atoms. The van der Waals surface area contributed by atoms with Crippen LogP contribution in [0.1, 0.15) is 30.9 Å². The topological polar surface area (TPSA) is 49.8 Å². The summed E-state index contributed by atoms with van der Waals surface area (Å²) in [7, 11) is 0. The Labute approximate surface area is 146 Å². The quantitative estimate of drug-likeness (QED) is 0.875. The van der Waals surface area contributed by atoms with E-state index in [-0.39, 0.29) is 24.3 Å². The van der Waals surface area contributed by atoms with Gasteiger partial charge in [0.05, 0.1) is 6.10 Å². The van der Waals surface area contributed by atoms with Crippen LogP contribution < -0.4 is 4.74 Å². The molecule has 2 aromatic rings. The minimum absolute atomic E-state index is 0.0214. The molecule has 1 saturated heterocycles. The Balaban J connectivity index is 1.57. The Morgan fingerprint density at radius 1 is 1.20 bits per heavy atom. The van der Waals surface area contributed by atoms with Crippen molar-refractivity contribution in [2.24, 2.45) is 0 Å². The van der Waals surface area contributed by atoms with Gasteiger partial charge in [0.25, 0.3) is 5.91 Å². The number of likely N-dealkylation sites (tertiary alicyclic amines) is 1. The third-order valence-electron chi connectivity index (χ3n) is 4.56. The number of para-hydroxylation sites is 1. The maximum Gasteiger partial charge on any atom is 0.260 e. The Hall–Kier alpha value is -2.40. The lowest BCUT2D eigenvalue weighted by atomic mass is 10.0. The molecule has 1 heterocycles. The van der Waals surface area contributed by atoms with Gasteiger partial charge in [-0.3, -0.25) is 4.79 Å². The predicted octanol–water partition coefficient (Wildman–Crippen LogP) is 3.32. The molecular weight excluding hydrogens is 321 g/mol. The fraction of sp³-hybridized carbons (Fsp3) is 0.350. The summed E-state index contributed by atoms with van der Waals surface area (Å²) in [5.74, 6) is -0.574. The van der Waals surface area contributed by atoms with Crippen LogP contribution in [0.3, 0.4) is 0 Å². The number of ether oxygens (including phenoxy) is 1. The van der Waals surface area contributed by atoms with Crippen molar-refractivity contribution in [2.45, 2.75) is 31.4 Å². The molecule has 1 N–H and O–H groups in total. The second kappa shape index (κ2) is 8.12. The summed E-state index contributed by atoms with van der Waals surface area (Å²) < 4.78 is 18.9. The lowest BCUT2D eigenvalue weighted by molar-refractivity contribution is -0.134. The number of carbonyl (C=O) groups excluding carboxylic acids is 1. The zero-order chi connectivity index (χ0) is 17.6. The predicted molar refractivity (Wildman–Crippen MR) is 92.6 cm³/mol. The van der Waals surface area contributed by atoms with E-state index >= 15 is 0 Å². The maximum atomic E-state index is 13.6. The van der Waals surface area contributed by atoms with Crippen molar-refractivity contribution in [3.63, 3.8) is 0 Å². The lowest BCUT2D eigenvalue weighted by Crippen LogP contribution is -2.39. The summed E-state index contributed by atoms with van der Waals surface area (Å²) in [6.45, 7) is 0.449. The van der Waals surface area contributed by atoms with Crippen LogP contribution in [0.15, 0.2) is 54.6 Å². The summed E-state index contributed by atoms with van der Waals surface area (Å²) in [4.78, 5) is 14.2. The highest BCUT2D eigenvalue weighted by Crippen LogP contribution is 2.27. The normalized spacial score (nSPS) is 18.2. The van der Waals surface area contributed by atoms with Crippen LogP contribution in [0.2, 0.25) is 0 Å². The number of hydrogen-bond donors (Lipinski definition) is 1. The van der Waals surface area contributed by atoms with Crippen LogP contribution in [-0.4, -0.2) is 35.1 Å². The van der Waals surface area contributed by atoms with Crippen molar-refractivity contribution in [2.75, 3.05) is 13.2 Å². The fourth-order valence-electron chi connectivity index (χ4n) is 3.26. The highest BCUT2D eigenvalue weighted by molar-refractivity contribution is 5.78. The van der Waals surface area contributed by atoms with Gasteiger partial charge < -0.3 is 14.7 Å². The molecule has 1 aliphatic heterocycles. The molecule has 0 bridgehead atoms. The van der Waals surface area contributed by atoms with Gasteiger partial charge in [0, 0.05) is 12.6 Å². The first-order valence-electron chi connectivity index (χ1n) is 8.55. The molecule has 0 aliphatic carbocycles. The molecule has 0 radical (unpaired) electrons. The molecule has 0 saturated carbocycles. The minimum Gasteiger partial charge on any atom is -0.481 e. The molecule has 0 aromatic heterocycles. The maximum absolute atomic E-state index is 13.6. The summed E-state index contributed by atoms with van der Waals surface area (Å²) >= 11 is 0. The third kappa shape index (κ3) is 4.37. The van der Waals surface area contributed by atoms with E-state index in [1.54, 1.807) is 17.0 Å². The summed E-state index contributed by atoms with van der Waals surface area (Å²) in [5.41, 5.74) is 0.851. The molecule has 132 valence electrons. The lowest BCUT2D eigenvalue weighted by Gasteiger charge is -2.26. The van der Waals surface area contributed by atoms with E-state index in [1.807, 2.05) is 30.3 Å². The molecule has 3 rings (SSSR count). The van der Waals surface area contributed by atoms with Gasteiger partial charge in [0.2, 0.25) is 0 Å². The molecular formula is C20H22FNO3. The Kier molecular flexibility index (Phi) is 5.66. The van der Waals surface area contributed by atoms with Crippen LogP contribution in [-0.2, 0) is 4.79 Å². The van der Waals surface area contributed by atoms with E-state index in [1.165, 1.54) is 12.1 Å². The standard InChI is InChI=1S/C20H22FNO3/c21-17-10-4-5-11-19(17)25-14-20(24)22-12-6-9-16(22)13-18(23)15-7-2-1-3-8-15/h1-5,7-8,10-11,16,18,23H,6,9,12-14H2. The third-order valence-corrected chi connectivity index (χ3v) is 4.56. The Morgan fingerprint density at radius 2 is 1.92 bits per heavy atom. The monoisotopic (exact) mass is 343 g/mol. The van der Waals surface area contributed by atoms with Gasteiger partial charge in [-0.15, -0.1) is 0 Å². The number of amides is 1. The van der Waals surface area contributed by atoms with Crippen LogP contribution in [0, 0.1) is 5.82 Å². The van der Waals surface area contributed by atoms with Crippen molar-refractivity contribution in [3.8, 4) is 5.75 Å². The van der Waals surface area contributed by atoms with Gasteiger partial charge >= 0.3 is 0 Å². The number of rotatable bonds is 6. The van der Waals surface area contributed by atoms with E-state index in [0.717, 1.165) is 18.4 Å². The molecule has 2 atom stereocenters. The highest BCUT2D eigenvalue weighted by atomic mass is 19.1. The first-order chi connectivity index (χ1) is 12.1. The van der Waals surface area contributed by atoms with Gasteiger partial charge in [0.1, 0.15) is 0 Å². The second-order valence-corrected chi connectivity index (χ2v) is 6.26. The van der Waals surface area contributed by atoms with E-state index < -0.39 is 11.9 Å². The summed E-state index contributed by atoms with van der Waals surface area (Å²) in [5, 5.41) is 10.4. The van der Waals surface area contributed by atoms with Crippen molar-refractivity contribution >= 4 is 5.91 Å². The van der Waals surface area contributed by atoms with Gasteiger partial charge in [-0.25, -0.2) is 4.39 Å². The Bertz CT molecular complexity index is 707. The number of aliphatic hydroxyl groups is 1. The summed E-state index contributed by atoms with van der Waals surface area (Å²) in [6, 6.07) is 15.5. The number of carbonyl (C=O) groups is 1. The van der Waals surface area contributed by atoms with Crippen molar-refractivity contribution in [1.82, 2.24) is 4.90 Å². The van der Waals surface area contributed by atoms with Crippen LogP contribution >= 0.6 is 0 Å². The van der Waals surface area contributed by atoms with Crippen LogP contribution in [0.5, 0.6) is 5.75 Å². The zero-order valence-electron chi connectivity index (χ0n) is 14.0. The van der Waals surface area contributed by atoms with E-state index in [0.29, 0.717) is 13.0 Å². The van der Waals surface area contributed by atoms with Crippen molar-refractivity contribution in [3.05, 3.63) is 66.0 Å². The van der Waals surface area contributed by atoms with Crippen LogP contribution in [0.25, 0.3) is 0 Å². The zero-order valence-corrected chi connectivity index (χ0v) is 14.0. The molecule has 4 nitrogen and oxygen atoms in total. The van der Waals surface area contributed by atoms with Gasteiger partial charge in [-0.05, 0) is 37.0 Å². The minimum atomic E-state index is -0.605. The van der Waals surface area contributed by atoms with Crippen molar-refractivity contribution < 1.29 is 19.0 Å². The largest absolute Gasteiger partial charge is 0.481 e. The van der Waals surface area contributed by atoms with Crippen LogP contribution in [0.4, 0.5) is 4.39 Å². The number of hydrogen-bond acceptors (Lipinski definition) is 3. The molecule has 2 unspecified atom stereocenters. The average molecular weight is 343 g/mol. The number of halogens is 1.